The maximum Gasteiger partial charge on any atom is 0.275 e. The number of hydrogen-bond acceptors (Lipinski definition) is 7. The van der Waals surface area contributed by atoms with Crippen molar-refractivity contribution < 1.29 is 10.0 Å². The van der Waals surface area contributed by atoms with Gasteiger partial charge in [-0.15, -0.1) is 11.3 Å². The molecule has 7 nitrogen and oxygen atoms in total. The Labute approximate surface area is 109 Å². The molecule has 1 rings (SSSR count). The van der Waals surface area contributed by atoms with Crippen LogP contribution >= 0.6 is 11.3 Å². The summed E-state index contributed by atoms with van der Waals surface area (Å²) in [5.41, 5.74) is 5.62. The molecule has 0 aliphatic rings. The summed E-state index contributed by atoms with van der Waals surface area (Å²) in [7, 11) is 3.92. The fourth-order valence-electron chi connectivity index (χ4n) is 1.29. The van der Waals surface area contributed by atoms with Crippen LogP contribution in [0.5, 0.6) is 0 Å². The van der Waals surface area contributed by atoms with Crippen molar-refractivity contribution in [2.24, 2.45) is 5.16 Å². The Balaban J connectivity index is 2.49. The van der Waals surface area contributed by atoms with Crippen molar-refractivity contribution in [2.45, 2.75) is 6.42 Å². The highest BCUT2D eigenvalue weighted by atomic mass is 32.1. The van der Waals surface area contributed by atoms with Crippen LogP contribution in [0.15, 0.2) is 10.5 Å². The van der Waals surface area contributed by atoms with Crippen LogP contribution < -0.4 is 11.1 Å². The minimum atomic E-state index is -0.457. The molecule has 0 bridgehead atoms. The summed E-state index contributed by atoms with van der Waals surface area (Å²) < 4.78 is 0. The molecule has 0 fully saturated rings. The number of carbonyl (C=O) groups excluding carboxylic acids is 1. The zero-order valence-electron chi connectivity index (χ0n) is 10.4. The van der Waals surface area contributed by atoms with E-state index in [2.05, 4.69) is 15.5 Å². The van der Waals surface area contributed by atoms with E-state index < -0.39 is 5.91 Å². The monoisotopic (exact) mass is 271 g/mol. The van der Waals surface area contributed by atoms with Crippen molar-refractivity contribution in [3.63, 3.8) is 0 Å². The van der Waals surface area contributed by atoms with Gasteiger partial charge in [-0.3, -0.25) is 4.79 Å². The number of anilines is 1. The molecule has 8 heteroatoms. The number of nitrogens with two attached hydrogens (primary N) is 1. The first-order valence-electron chi connectivity index (χ1n) is 5.41. The topological polar surface area (TPSA) is 104 Å². The number of nitrogens with zero attached hydrogens (tertiary/aromatic N) is 3. The molecule has 0 saturated heterocycles. The van der Waals surface area contributed by atoms with Crippen molar-refractivity contribution >= 4 is 28.1 Å². The Morgan fingerprint density at radius 2 is 2.39 bits per heavy atom. The first-order valence-corrected chi connectivity index (χ1v) is 6.29. The number of rotatable bonds is 6. The molecular formula is C10H17N5O2S. The molecule has 0 radical (unpaired) electrons. The summed E-state index contributed by atoms with van der Waals surface area (Å²) in [4.78, 5) is 17.7. The van der Waals surface area contributed by atoms with Crippen LogP contribution in [0.3, 0.4) is 0 Å². The number of aromatic nitrogens is 1. The number of oxime groups is 1. The molecule has 1 aromatic rings. The average Bonchev–Trinajstić information content (AvgIpc) is 2.72. The lowest BCUT2D eigenvalue weighted by atomic mass is 10.2. The number of nitrogen functional groups attached to an aromatic ring is 1. The molecule has 0 saturated carbocycles. The smallest absolute Gasteiger partial charge is 0.275 e. The van der Waals surface area contributed by atoms with E-state index in [0.29, 0.717) is 11.7 Å². The van der Waals surface area contributed by atoms with Gasteiger partial charge in [0.25, 0.3) is 5.91 Å². The van der Waals surface area contributed by atoms with Crippen LogP contribution in [0.2, 0.25) is 0 Å². The van der Waals surface area contributed by atoms with Crippen molar-refractivity contribution in [1.82, 2.24) is 15.2 Å². The largest absolute Gasteiger partial charge is 0.410 e. The van der Waals surface area contributed by atoms with Gasteiger partial charge in [0.2, 0.25) is 0 Å². The van der Waals surface area contributed by atoms with E-state index in [1.165, 1.54) is 11.3 Å². The van der Waals surface area contributed by atoms with Crippen LogP contribution in [-0.4, -0.2) is 53.9 Å². The second kappa shape index (κ2) is 6.92. The lowest BCUT2D eigenvalue weighted by Gasteiger charge is -2.09. The minimum Gasteiger partial charge on any atom is -0.410 e. The van der Waals surface area contributed by atoms with Crippen molar-refractivity contribution in [3.8, 4) is 0 Å². The number of nitrogens with one attached hydrogen (secondary N) is 1. The second-order valence-electron chi connectivity index (χ2n) is 3.93. The summed E-state index contributed by atoms with van der Waals surface area (Å²) in [6.07, 6.45) is 0.816. The van der Waals surface area contributed by atoms with Gasteiger partial charge < -0.3 is 21.2 Å². The van der Waals surface area contributed by atoms with E-state index in [4.69, 9.17) is 10.9 Å². The molecule has 0 atom stereocenters. The van der Waals surface area contributed by atoms with Gasteiger partial charge in [-0.05, 0) is 27.1 Å². The predicted octanol–water partition coefficient (Wildman–Crippen LogP) is -0.0285. The molecular weight excluding hydrogens is 254 g/mol. The third-order valence-corrected chi connectivity index (χ3v) is 2.82. The number of hydrogen-bond donors (Lipinski definition) is 3. The molecule has 1 heterocycles. The molecule has 0 spiro atoms. The summed E-state index contributed by atoms with van der Waals surface area (Å²) in [6, 6.07) is 0. The molecule has 18 heavy (non-hydrogen) atoms. The summed E-state index contributed by atoms with van der Waals surface area (Å²) in [5.74, 6) is -0.457. The molecule has 100 valence electrons. The van der Waals surface area contributed by atoms with Gasteiger partial charge in [0, 0.05) is 11.9 Å². The van der Waals surface area contributed by atoms with Gasteiger partial charge in [0.15, 0.2) is 10.8 Å². The van der Waals surface area contributed by atoms with Crippen LogP contribution in [0.25, 0.3) is 0 Å². The average molecular weight is 271 g/mol. The molecule has 1 aromatic heterocycles. The SMILES string of the molecule is CN(C)CCCNC(=O)C(=NO)c1csc(N)n1. The maximum absolute atomic E-state index is 11.7. The normalized spacial score (nSPS) is 11.8. The lowest BCUT2D eigenvalue weighted by Crippen LogP contribution is -2.33. The van der Waals surface area contributed by atoms with Gasteiger partial charge in [0.05, 0.1) is 0 Å². The number of thiazole rings is 1. The third kappa shape index (κ3) is 4.30. The minimum absolute atomic E-state index is 0.118. The van der Waals surface area contributed by atoms with E-state index in [1.54, 1.807) is 5.38 Å². The lowest BCUT2D eigenvalue weighted by molar-refractivity contribution is -0.114. The van der Waals surface area contributed by atoms with Crippen LogP contribution in [0.4, 0.5) is 5.13 Å². The van der Waals surface area contributed by atoms with Gasteiger partial charge in [-0.1, -0.05) is 5.16 Å². The quantitative estimate of drug-likeness (QED) is 0.292. The van der Waals surface area contributed by atoms with Gasteiger partial charge in [0.1, 0.15) is 5.69 Å². The van der Waals surface area contributed by atoms with Gasteiger partial charge >= 0.3 is 0 Å². The second-order valence-corrected chi connectivity index (χ2v) is 4.82. The molecule has 0 unspecified atom stereocenters. The number of carbonyl (C=O) groups is 1. The fraction of sp³-hybridized carbons (Fsp3) is 0.500. The Morgan fingerprint density at radius 1 is 1.67 bits per heavy atom. The van der Waals surface area contributed by atoms with E-state index in [-0.39, 0.29) is 11.4 Å². The van der Waals surface area contributed by atoms with Gasteiger partial charge in [-0.2, -0.15) is 0 Å². The van der Waals surface area contributed by atoms with Gasteiger partial charge in [-0.25, -0.2) is 4.98 Å². The Kier molecular flexibility index (Phi) is 5.53. The van der Waals surface area contributed by atoms with E-state index in [0.717, 1.165) is 13.0 Å². The molecule has 0 aliphatic heterocycles. The van der Waals surface area contributed by atoms with Crippen molar-refractivity contribution in [1.29, 1.82) is 0 Å². The van der Waals surface area contributed by atoms with Crippen LogP contribution in [0.1, 0.15) is 12.1 Å². The fourth-order valence-corrected chi connectivity index (χ4v) is 1.84. The highest BCUT2D eigenvalue weighted by molar-refractivity contribution is 7.13. The van der Waals surface area contributed by atoms with E-state index in [9.17, 15) is 4.79 Å². The molecule has 1 amide bonds. The Hall–Kier alpha value is -1.67. The zero-order valence-corrected chi connectivity index (χ0v) is 11.2. The first-order chi connectivity index (χ1) is 8.54. The molecule has 0 aromatic carbocycles. The first kappa shape index (κ1) is 14.4. The van der Waals surface area contributed by atoms with Crippen molar-refractivity contribution in [2.75, 3.05) is 32.9 Å². The molecule has 4 N–H and O–H groups in total. The van der Waals surface area contributed by atoms with Crippen LogP contribution in [-0.2, 0) is 4.79 Å². The highest BCUT2D eigenvalue weighted by Crippen LogP contribution is 2.11. The summed E-state index contributed by atoms with van der Waals surface area (Å²) in [5, 5.41) is 16.4. The third-order valence-electron chi connectivity index (χ3n) is 2.15. The van der Waals surface area contributed by atoms with Crippen molar-refractivity contribution in [3.05, 3.63) is 11.1 Å². The Bertz CT molecular complexity index is 430. The summed E-state index contributed by atoms with van der Waals surface area (Å²) in [6.45, 7) is 1.38. The highest BCUT2D eigenvalue weighted by Gasteiger charge is 2.17. The zero-order chi connectivity index (χ0) is 13.5. The van der Waals surface area contributed by atoms with E-state index >= 15 is 0 Å². The summed E-state index contributed by atoms with van der Waals surface area (Å²) >= 11 is 1.19. The van der Waals surface area contributed by atoms with Crippen LogP contribution in [0, 0.1) is 0 Å². The number of amides is 1. The standard InChI is InChI=1S/C10H17N5O2S/c1-15(2)5-3-4-12-9(16)8(14-17)7-6-18-10(11)13-7/h6,17H,3-5H2,1-2H3,(H2,11,13)(H,12,16). The maximum atomic E-state index is 11.7. The molecule has 0 aliphatic carbocycles. The Morgan fingerprint density at radius 3 is 2.89 bits per heavy atom. The predicted molar refractivity (Wildman–Crippen MR) is 71.0 cm³/mol. The van der Waals surface area contributed by atoms with E-state index in [1.807, 2.05) is 19.0 Å².